The maximum atomic E-state index is 10.5. The van der Waals surface area contributed by atoms with E-state index in [0.717, 1.165) is 25.7 Å². The monoisotopic (exact) mass is 210 g/mol. The van der Waals surface area contributed by atoms with Gasteiger partial charge in [0.1, 0.15) is 6.10 Å². The smallest absolute Gasteiger partial charge is 0.404 e. The molecule has 0 saturated heterocycles. The van der Waals surface area contributed by atoms with Crippen molar-refractivity contribution in [2.45, 2.75) is 31.8 Å². The van der Waals surface area contributed by atoms with Crippen LogP contribution in [0.4, 0.5) is 4.79 Å². The van der Waals surface area contributed by atoms with E-state index >= 15 is 0 Å². The largest absolute Gasteiger partial charge is 0.446 e. The van der Waals surface area contributed by atoms with E-state index in [1.807, 2.05) is 6.08 Å². The number of hydrogen-bond acceptors (Lipinski definition) is 3. The van der Waals surface area contributed by atoms with Crippen molar-refractivity contribution in [2.75, 3.05) is 7.05 Å². The highest BCUT2D eigenvalue weighted by atomic mass is 16.6. The highest BCUT2D eigenvalue weighted by Crippen LogP contribution is 2.32. The zero-order valence-electron chi connectivity index (χ0n) is 9.11. The number of ether oxygens (including phenoxy) is 1. The van der Waals surface area contributed by atoms with Crippen molar-refractivity contribution < 1.29 is 9.53 Å². The van der Waals surface area contributed by atoms with Crippen LogP contribution in [0.5, 0.6) is 0 Å². The second-order valence-electron chi connectivity index (χ2n) is 3.77. The summed E-state index contributed by atoms with van der Waals surface area (Å²) in [5, 5.41) is 0. The molecule has 1 rings (SSSR count). The van der Waals surface area contributed by atoms with Crippen LogP contribution in [0.2, 0.25) is 0 Å². The first-order valence-corrected chi connectivity index (χ1v) is 5.20. The van der Waals surface area contributed by atoms with Crippen molar-refractivity contribution in [3.63, 3.8) is 0 Å². The van der Waals surface area contributed by atoms with E-state index in [2.05, 4.69) is 11.6 Å². The van der Waals surface area contributed by atoms with Crippen LogP contribution in [0, 0.1) is 5.92 Å². The lowest BCUT2D eigenvalue weighted by Crippen LogP contribution is -2.38. The molecule has 0 unspecified atom stereocenters. The second-order valence-corrected chi connectivity index (χ2v) is 3.77. The molecule has 2 N–H and O–H groups in total. The molecule has 0 aromatic carbocycles. The Morgan fingerprint density at radius 2 is 2.33 bits per heavy atom. The quantitative estimate of drug-likeness (QED) is 0.556. The zero-order valence-corrected chi connectivity index (χ0v) is 9.11. The van der Waals surface area contributed by atoms with Gasteiger partial charge in [0.15, 0.2) is 0 Å². The predicted octanol–water partition coefficient (Wildman–Crippen LogP) is 1.90. The van der Waals surface area contributed by atoms with Crippen LogP contribution in [-0.2, 0) is 4.74 Å². The Kier molecular flexibility index (Phi) is 4.34. The predicted molar refractivity (Wildman–Crippen MR) is 60.0 cm³/mol. The molecule has 0 spiro atoms. The van der Waals surface area contributed by atoms with Gasteiger partial charge in [-0.2, -0.15) is 0 Å². The molecule has 0 radical (unpaired) electrons. The molecule has 4 nitrogen and oxygen atoms in total. The number of nitrogens with zero attached hydrogens (tertiary/aromatic N) is 1. The molecule has 1 saturated carbocycles. The van der Waals surface area contributed by atoms with Gasteiger partial charge in [-0.1, -0.05) is 6.08 Å². The molecule has 1 amide bonds. The van der Waals surface area contributed by atoms with Crippen molar-refractivity contribution >= 4 is 11.8 Å². The van der Waals surface area contributed by atoms with Crippen LogP contribution in [0.25, 0.3) is 0 Å². The molecule has 1 aliphatic carbocycles. The van der Waals surface area contributed by atoms with Gasteiger partial charge < -0.3 is 10.5 Å². The minimum Gasteiger partial charge on any atom is -0.446 e. The van der Waals surface area contributed by atoms with E-state index in [0.29, 0.717) is 5.92 Å². The van der Waals surface area contributed by atoms with Gasteiger partial charge in [0, 0.05) is 18.7 Å². The molecule has 84 valence electrons. The summed E-state index contributed by atoms with van der Waals surface area (Å²) in [6, 6.07) is 0. The summed E-state index contributed by atoms with van der Waals surface area (Å²) < 4.78 is 4.88. The molecular weight excluding hydrogens is 192 g/mol. The molecule has 0 aliphatic heterocycles. The molecule has 0 bridgehead atoms. The van der Waals surface area contributed by atoms with E-state index in [4.69, 9.17) is 10.5 Å². The minimum atomic E-state index is -0.681. The number of amides is 1. The fourth-order valence-electron chi connectivity index (χ4n) is 1.85. The highest BCUT2D eigenvalue weighted by Gasteiger charge is 2.34. The summed E-state index contributed by atoms with van der Waals surface area (Å²) in [5.74, 6) is 0.458. The number of rotatable bonds is 5. The summed E-state index contributed by atoms with van der Waals surface area (Å²) in [6.07, 6.45) is 4.81. The van der Waals surface area contributed by atoms with Gasteiger partial charge >= 0.3 is 6.09 Å². The molecule has 1 aliphatic rings. The number of primary amides is 1. The summed E-state index contributed by atoms with van der Waals surface area (Å²) in [6.45, 7) is 3.68. The second kappa shape index (κ2) is 5.53. The van der Waals surface area contributed by atoms with Crippen LogP contribution < -0.4 is 5.73 Å². The first-order valence-electron chi connectivity index (χ1n) is 5.20. The van der Waals surface area contributed by atoms with Crippen molar-refractivity contribution in [1.29, 1.82) is 0 Å². The van der Waals surface area contributed by atoms with E-state index in [9.17, 15) is 4.79 Å². The maximum Gasteiger partial charge on any atom is 0.404 e. The lowest BCUT2D eigenvalue weighted by Gasteiger charge is -2.35. The number of carbonyl (C=O) groups is 1. The number of nitrogens with two attached hydrogens (primary N) is 1. The van der Waals surface area contributed by atoms with Gasteiger partial charge in [0.25, 0.3) is 0 Å². The fraction of sp³-hybridized carbons (Fsp3) is 0.636. The summed E-state index contributed by atoms with van der Waals surface area (Å²) in [4.78, 5) is 14.7. The van der Waals surface area contributed by atoms with E-state index in [-0.39, 0.29) is 6.10 Å². The van der Waals surface area contributed by atoms with E-state index in [1.54, 1.807) is 7.05 Å². The van der Waals surface area contributed by atoms with Gasteiger partial charge in [-0.25, -0.2) is 4.79 Å². The van der Waals surface area contributed by atoms with Crippen LogP contribution in [0.15, 0.2) is 17.6 Å². The van der Waals surface area contributed by atoms with E-state index < -0.39 is 6.09 Å². The van der Waals surface area contributed by atoms with Crippen LogP contribution in [0.3, 0.4) is 0 Å². The lowest BCUT2D eigenvalue weighted by molar-refractivity contribution is 0.0416. The lowest BCUT2D eigenvalue weighted by atomic mass is 9.77. The van der Waals surface area contributed by atoms with Crippen molar-refractivity contribution in [2.24, 2.45) is 16.6 Å². The van der Waals surface area contributed by atoms with Crippen molar-refractivity contribution in [3.05, 3.63) is 12.7 Å². The SMILES string of the molecule is C=CCCC(=NC)C1CC(OC(N)=O)C1. The normalized spacial score (nSPS) is 25.5. The number of carbonyl (C=O) groups excluding carboxylic acids is 1. The molecule has 0 heterocycles. The van der Waals surface area contributed by atoms with Gasteiger partial charge in [-0.05, 0) is 25.7 Å². The molecule has 4 heteroatoms. The average Bonchev–Trinajstić information content (AvgIpc) is 2.13. The Balaban J connectivity index is 2.29. The van der Waals surface area contributed by atoms with Crippen LogP contribution in [-0.4, -0.2) is 25.0 Å². The highest BCUT2D eigenvalue weighted by molar-refractivity contribution is 5.87. The van der Waals surface area contributed by atoms with Crippen LogP contribution in [0.1, 0.15) is 25.7 Å². The average molecular weight is 210 g/mol. The Morgan fingerprint density at radius 1 is 1.67 bits per heavy atom. The molecule has 0 atom stereocenters. The minimum absolute atomic E-state index is 0.00650. The fourth-order valence-corrected chi connectivity index (χ4v) is 1.85. The van der Waals surface area contributed by atoms with Gasteiger partial charge in [-0.15, -0.1) is 6.58 Å². The van der Waals surface area contributed by atoms with E-state index in [1.165, 1.54) is 5.71 Å². The maximum absolute atomic E-state index is 10.5. The zero-order chi connectivity index (χ0) is 11.3. The molecule has 0 aromatic rings. The first-order chi connectivity index (χ1) is 7.17. The van der Waals surface area contributed by atoms with Gasteiger partial charge in [0.05, 0.1) is 0 Å². The Morgan fingerprint density at radius 3 is 2.80 bits per heavy atom. The Bertz CT molecular complexity index is 268. The molecule has 1 fully saturated rings. The molecule has 0 aromatic heterocycles. The van der Waals surface area contributed by atoms with Gasteiger partial charge in [0.2, 0.25) is 0 Å². The number of hydrogen-bond donors (Lipinski definition) is 1. The third kappa shape index (κ3) is 3.38. The van der Waals surface area contributed by atoms with Crippen molar-refractivity contribution in [3.8, 4) is 0 Å². The number of aliphatic imine (C=N–C) groups is 1. The Hall–Kier alpha value is -1.32. The number of allylic oxidation sites excluding steroid dienone is 1. The van der Waals surface area contributed by atoms with Crippen molar-refractivity contribution in [1.82, 2.24) is 0 Å². The molecule has 15 heavy (non-hydrogen) atoms. The summed E-state index contributed by atoms with van der Waals surface area (Å²) in [5.41, 5.74) is 6.13. The standard InChI is InChI=1S/C11H18N2O2/c1-3-4-5-10(13-2)8-6-9(7-8)15-11(12)14/h3,8-9H,1,4-7H2,2H3,(H2,12,14). The Labute approximate surface area is 90.2 Å². The third-order valence-electron chi connectivity index (χ3n) is 2.74. The molecular formula is C11H18N2O2. The third-order valence-corrected chi connectivity index (χ3v) is 2.74. The summed E-state index contributed by atoms with van der Waals surface area (Å²) >= 11 is 0. The summed E-state index contributed by atoms with van der Waals surface area (Å²) in [7, 11) is 1.81. The topological polar surface area (TPSA) is 64.7 Å². The first kappa shape index (κ1) is 11.8. The van der Waals surface area contributed by atoms with Crippen LogP contribution >= 0.6 is 0 Å². The van der Waals surface area contributed by atoms with Gasteiger partial charge in [-0.3, -0.25) is 4.99 Å².